The van der Waals surface area contributed by atoms with Crippen molar-refractivity contribution < 1.29 is 27.2 Å². The molecule has 2 aromatic carbocycles. The maximum atomic E-state index is 13.3. The van der Waals surface area contributed by atoms with Gasteiger partial charge < -0.3 is 15.0 Å². The van der Waals surface area contributed by atoms with Gasteiger partial charge in [-0.2, -0.15) is 0 Å². The second-order valence-corrected chi connectivity index (χ2v) is 8.90. The van der Waals surface area contributed by atoms with Crippen molar-refractivity contribution in [3.8, 4) is 0 Å². The Hall–Kier alpha value is -2.29. The van der Waals surface area contributed by atoms with Gasteiger partial charge in [0.15, 0.2) is 9.84 Å². The molecule has 1 fully saturated rings. The van der Waals surface area contributed by atoms with Gasteiger partial charge in [-0.05, 0) is 36.4 Å². The van der Waals surface area contributed by atoms with Crippen LogP contribution in [0.4, 0.5) is 4.39 Å². The van der Waals surface area contributed by atoms with Crippen LogP contribution in [0.3, 0.4) is 0 Å². The summed E-state index contributed by atoms with van der Waals surface area (Å²) in [5.74, 6) is -0.575. The number of quaternary nitrogens is 1. The molecule has 28 heavy (non-hydrogen) atoms. The first-order valence-electron chi connectivity index (χ1n) is 9.11. The van der Waals surface area contributed by atoms with Gasteiger partial charge in [-0.15, -0.1) is 0 Å². The van der Waals surface area contributed by atoms with Crippen molar-refractivity contribution in [1.82, 2.24) is 5.32 Å². The van der Waals surface area contributed by atoms with Gasteiger partial charge in [0, 0.05) is 17.4 Å². The van der Waals surface area contributed by atoms with Crippen molar-refractivity contribution in [3.63, 3.8) is 0 Å². The third-order valence-corrected chi connectivity index (χ3v) is 6.04. The number of halogens is 1. The van der Waals surface area contributed by atoms with Gasteiger partial charge in [-0.3, -0.25) is 4.79 Å². The first kappa shape index (κ1) is 20.4. The van der Waals surface area contributed by atoms with Crippen LogP contribution >= 0.6 is 0 Å². The SMILES string of the molecule is CS(=O)(=O)c1ccc(C(=O)NC[C@H](c2ccc(F)cc2)[NH+]2CCOCC2)cc1. The van der Waals surface area contributed by atoms with Gasteiger partial charge in [-0.1, -0.05) is 12.1 Å². The molecular formula is C20H24FN2O4S+. The maximum Gasteiger partial charge on any atom is 0.251 e. The number of hydrogen-bond acceptors (Lipinski definition) is 4. The van der Waals surface area contributed by atoms with E-state index in [-0.39, 0.29) is 22.7 Å². The smallest absolute Gasteiger partial charge is 0.251 e. The molecule has 0 unspecified atom stereocenters. The van der Waals surface area contributed by atoms with E-state index in [1.165, 1.54) is 41.3 Å². The van der Waals surface area contributed by atoms with Crippen LogP contribution in [-0.2, 0) is 14.6 Å². The summed E-state index contributed by atoms with van der Waals surface area (Å²) >= 11 is 0. The summed E-state index contributed by atoms with van der Waals surface area (Å²) in [6.45, 7) is 3.29. The normalized spacial score (nSPS) is 16.5. The van der Waals surface area contributed by atoms with E-state index in [2.05, 4.69) is 5.32 Å². The first-order valence-corrected chi connectivity index (χ1v) is 11.0. The number of nitrogens with one attached hydrogen (secondary N) is 2. The number of amides is 1. The lowest BCUT2D eigenvalue weighted by Crippen LogP contribution is -3.15. The van der Waals surface area contributed by atoms with E-state index in [1.54, 1.807) is 12.1 Å². The first-order chi connectivity index (χ1) is 13.3. The molecule has 1 aliphatic heterocycles. The molecule has 2 N–H and O–H groups in total. The maximum absolute atomic E-state index is 13.3. The van der Waals surface area contributed by atoms with Gasteiger partial charge in [0.2, 0.25) is 0 Å². The van der Waals surface area contributed by atoms with Crippen molar-refractivity contribution in [2.24, 2.45) is 0 Å². The minimum absolute atomic E-state index is 0.0243. The summed E-state index contributed by atoms with van der Waals surface area (Å²) in [6.07, 6.45) is 1.13. The second-order valence-electron chi connectivity index (χ2n) is 6.88. The van der Waals surface area contributed by atoms with E-state index in [0.29, 0.717) is 25.3 Å². The molecule has 6 nitrogen and oxygen atoms in total. The lowest BCUT2D eigenvalue weighted by Gasteiger charge is -2.32. The molecule has 0 aromatic heterocycles. The zero-order valence-corrected chi connectivity index (χ0v) is 16.5. The summed E-state index contributed by atoms with van der Waals surface area (Å²) in [5.41, 5.74) is 1.34. The molecule has 1 atom stereocenters. The largest absolute Gasteiger partial charge is 0.370 e. The van der Waals surface area contributed by atoms with Crippen LogP contribution in [-0.4, -0.2) is 53.4 Å². The van der Waals surface area contributed by atoms with Crippen LogP contribution in [0.1, 0.15) is 22.0 Å². The van der Waals surface area contributed by atoms with Crippen LogP contribution in [0.5, 0.6) is 0 Å². The van der Waals surface area contributed by atoms with Crippen LogP contribution in [0, 0.1) is 5.82 Å². The molecule has 1 aliphatic rings. The van der Waals surface area contributed by atoms with Gasteiger partial charge in [0.05, 0.1) is 24.7 Å². The summed E-state index contributed by atoms with van der Waals surface area (Å²) < 4.78 is 41.8. The molecule has 0 aliphatic carbocycles. The molecule has 3 rings (SSSR count). The molecule has 0 saturated carbocycles. The van der Waals surface area contributed by atoms with Gasteiger partial charge in [-0.25, -0.2) is 12.8 Å². The lowest BCUT2D eigenvalue weighted by molar-refractivity contribution is -0.937. The standard InChI is InChI=1S/C20H23FN2O4S/c1-28(25,26)18-8-4-16(5-9-18)20(24)22-14-19(23-10-12-27-13-11-23)15-2-6-17(21)7-3-15/h2-9,19H,10-14H2,1H3,(H,22,24)/p+1/t19-/m1/s1. The molecule has 1 heterocycles. The molecule has 1 saturated heterocycles. The van der Waals surface area contributed by atoms with Crippen LogP contribution in [0.25, 0.3) is 0 Å². The van der Waals surface area contributed by atoms with E-state index in [0.717, 1.165) is 24.9 Å². The molecule has 1 amide bonds. The monoisotopic (exact) mass is 407 g/mol. The van der Waals surface area contributed by atoms with Crippen molar-refractivity contribution >= 4 is 15.7 Å². The Morgan fingerprint density at radius 2 is 1.71 bits per heavy atom. The fraction of sp³-hybridized carbons (Fsp3) is 0.350. The summed E-state index contributed by atoms with van der Waals surface area (Å²) in [5, 5.41) is 2.92. The third-order valence-electron chi connectivity index (χ3n) is 4.91. The number of hydrogen-bond donors (Lipinski definition) is 2. The summed E-state index contributed by atoms with van der Waals surface area (Å²) in [6, 6.07) is 12.2. The summed E-state index contributed by atoms with van der Waals surface area (Å²) in [7, 11) is -3.30. The van der Waals surface area contributed by atoms with Crippen LogP contribution in [0.15, 0.2) is 53.4 Å². The number of morpholine rings is 1. The Kier molecular flexibility index (Phi) is 6.43. The molecule has 2 aromatic rings. The second kappa shape index (κ2) is 8.81. The Morgan fingerprint density at radius 3 is 2.29 bits per heavy atom. The Labute approximate surface area is 164 Å². The topological polar surface area (TPSA) is 76.9 Å². The highest BCUT2D eigenvalue weighted by atomic mass is 32.2. The van der Waals surface area contributed by atoms with E-state index < -0.39 is 9.84 Å². The zero-order chi connectivity index (χ0) is 20.1. The number of carbonyl (C=O) groups is 1. The molecule has 0 spiro atoms. The van der Waals surface area contributed by atoms with E-state index >= 15 is 0 Å². The highest BCUT2D eigenvalue weighted by molar-refractivity contribution is 7.90. The molecule has 0 bridgehead atoms. The van der Waals surface area contributed by atoms with E-state index in [4.69, 9.17) is 4.74 Å². The molecular weight excluding hydrogens is 383 g/mol. The van der Waals surface area contributed by atoms with Crippen molar-refractivity contribution in [2.45, 2.75) is 10.9 Å². The molecule has 150 valence electrons. The van der Waals surface area contributed by atoms with E-state index in [9.17, 15) is 17.6 Å². The van der Waals surface area contributed by atoms with Crippen molar-refractivity contribution in [2.75, 3.05) is 39.1 Å². The number of ether oxygens (including phenoxy) is 1. The van der Waals surface area contributed by atoms with E-state index in [1.807, 2.05) is 0 Å². The Balaban J connectivity index is 1.72. The minimum Gasteiger partial charge on any atom is -0.370 e. The Morgan fingerprint density at radius 1 is 1.11 bits per heavy atom. The predicted octanol–water partition coefficient (Wildman–Crippen LogP) is 0.615. The number of carbonyl (C=O) groups excluding carboxylic acids is 1. The molecule has 0 radical (unpaired) electrons. The van der Waals surface area contributed by atoms with Gasteiger partial charge in [0.1, 0.15) is 24.9 Å². The highest BCUT2D eigenvalue weighted by Crippen LogP contribution is 2.13. The summed E-state index contributed by atoms with van der Waals surface area (Å²) in [4.78, 5) is 14.0. The highest BCUT2D eigenvalue weighted by Gasteiger charge is 2.27. The van der Waals surface area contributed by atoms with Crippen molar-refractivity contribution in [1.29, 1.82) is 0 Å². The van der Waals surface area contributed by atoms with Crippen molar-refractivity contribution in [3.05, 3.63) is 65.5 Å². The fourth-order valence-corrected chi connectivity index (χ4v) is 3.96. The average molecular weight is 407 g/mol. The Bertz CT molecular complexity index is 908. The molecule has 8 heteroatoms. The third kappa shape index (κ3) is 5.15. The van der Waals surface area contributed by atoms with Gasteiger partial charge >= 0.3 is 0 Å². The van der Waals surface area contributed by atoms with Gasteiger partial charge in [0.25, 0.3) is 5.91 Å². The van der Waals surface area contributed by atoms with Crippen LogP contribution < -0.4 is 10.2 Å². The fourth-order valence-electron chi connectivity index (χ4n) is 3.33. The zero-order valence-electron chi connectivity index (χ0n) is 15.7. The quantitative estimate of drug-likeness (QED) is 0.736. The number of sulfone groups is 1. The minimum atomic E-state index is -3.30. The lowest BCUT2D eigenvalue weighted by atomic mass is 10.0. The van der Waals surface area contributed by atoms with Crippen LogP contribution in [0.2, 0.25) is 0 Å². The number of benzene rings is 2. The average Bonchev–Trinajstić information content (AvgIpc) is 2.69. The number of rotatable bonds is 6. The predicted molar refractivity (Wildman–Crippen MR) is 103 cm³/mol.